The molecule has 4 aliphatic carbocycles. The van der Waals surface area contributed by atoms with Gasteiger partial charge in [0.1, 0.15) is 11.5 Å². The molecule has 6 nitrogen and oxygen atoms in total. The van der Waals surface area contributed by atoms with Gasteiger partial charge in [-0.05, 0) is 97.0 Å². The van der Waals surface area contributed by atoms with E-state index in [0.29, 0.717) is 11.5 Å². The van der Waals surface area contributed by atoms with Crippen LogP contribution in [-0.2, 0) is 53.6 Å². The van der Waals surface area contributed by atoms with Gasteiger partial charge < -0.3 is 19.7 Å². The van der Waals surface area contributed by atoms with E-state index < -0.39 is 0 Å². The van der Waals surface area contributed by atoms with Crippen LogP contribution in [0, 0.1) is 10.8 Å². The van der Waals surface area contributed by atoms with Crippen LogP contribution in [0.4, 0.5) is 0 Å². The van der Waals surface area contributed by atoms with Crippen molar-refractivity contribution in [2.24, 2.45) is 10.8 Å². The predicted octanol–water partition coefficient (Wildman–Crippen LogP) is 13.7. The summed E-state index contributed by atoms with van der Waals surface area (Å²) in [4.78, 5) is 26.1. The van der Waals surface area contributed by atoms with E-state index in [-0.39, 0.29) is 70.5 Å². The van der Waals surface area contributed by atoms with Crippen LogP contribution < -0.4 is 0 Å². The van der Waals surface area contributed by atoms with Gasteiger partial charge >= 0.3 is 11.9 Å². The van der Waals surface area contributed by atoms with E-state index in [1.165, 1.54) is 88.2 Å². The fourth-order valence-electron chi connectivity index (χ4n) is 11.9. The monoisotopic (exact) mass is 827 g/mol. The van der Waals surface area contributed by atoms with Gasteiger partial charge in [-0.1, -0.05) is 157 Å². The van der Waals surface area contributed by atoms with Gasteiger partial charge in [0.25, 0.3) is 0 Å². The summed E-state index contributed by atoms with van der Waals surface area (Å²) in [5.74, 6) is 0.271. The topological polar surface area (TPSA) is 93.1 Å². The lowest BCUT2D eigenvalue weighted by molar-refractivity contribution is -0.153. The van der Waals surface area contributed by atoms with Gasteiger partial charge in [0.05, 0.1) is 26.1 Å². The minimum atomic E-state index is -0.382. The Balaban J connectivity index is 1.05. The number of hydrogen-bond acceptors (Lipinski definition) is 6. The standard InChI is InChI=1S/C54H82O6/c1-49(2,35-39-31-41(51(5)23-13-9-14-24-51)47(57)42(32-39)52(6)25-15-10-16-26-52)37-59-45(55)21-22-46(56)60-38-50(3,4)36-40-33-43(53(7)27-17-11-18-28-53)48(58)44(34-40)54(8)29-19-12-20-30-54/h31-34,57-58H,9-30,35-38H2,1-8H3. The normalized spacial score (nSPS) is 21.5. The summed E-state index contributed by atoms with van der Waals surface area (Å²) in [5.41, 5.74) is 6.05. The van der Waals surface area contributed by atoms with Crippen molar-refractivity contribution in [2.75, 3.05) is 13.2 Å². The number of hydrogen-bond donors (Lipinski definition) is 2. The first-order valence-electron chi connectivity index (χ1n) is 24.3. The molecule has 334 valence electrons. The molecule has 0 spiro atoms. The molecular formula is C54H82O6. The van der Waals surface area contributed by atoms with Crippen LogP contribution in [0.2, 0.25) is 0 Å². The van der Waals surface area contributed by atoms with Crippen molar-refractivity contribution in [3.05, 3.63) is 57.6 Å². The highest BCUT2D eigenvalue weighted by molar-refractivity contribution is 5.77. The summed E-state index contributed by atoms with van der Waals surface area (Å²) in [6, 6.07) is 9.02. The zero-order valence-electron chi connectivity index (χ0n) is 39.2. The number of phenols is 2. The third kappa shape index (κ3) is 11.1. The number of carbonyl (C=O) groups is 2. The van der Waals surface area contributed by atoms with Crippen LogP contribution in [0.15, 0.2) is 24.3 Å². The van der Waals surface area contributed by atoms with Crippen molar-refractivity contribution >= 4 is 11.9 Å². The highest BCUT2D eigenvalue weighted by atomic mass is 16.5. The molecule has 0 unspecified atom stereocenters. The van der Waals surface area contributed by atoms with Gasteiger partial charge in [0, 0.05) is 33.1 Å². The summed E-state index contributed by atoms with van der Waals surface area (Å²) in [6.07, 6.45) is 24.8. The van der Waals surface area contributed by atoms with Gasteiger partial charge in [-0.2, -0.15) is 0 Å². The minimum absolute atomic E-state index is 0.0125. The SMILES string of the molecule is CC(C)(COC(=O)CCC(=O)OCC(C)(C)Cc1cc(C2(C)CCCCC2)c(O)c(C2(C)CCCCC2)c1)Cc1cc(C2(C)CCCCC2)c(O)c(C2(C)CCCCC2)c1. The fourth-order valence-corrected chi connectivity index (χ4v) is 11.9. The zero-order valence-corrected chi connectivity index (χ0v) is 39.2. The van der Waals surface area contributed by atoms with Crippen molar-refractivity contribution < 1.29 is 29.3 Å². The van der Waals surface area contributed by atoms with E-state index in [1.54, 1.807) is 0 Å². The minimum Gasteiger partial charge on any atom is -0.507 e. The summed E-state index contributed by atoms with van der Waals surface area (Å²) in [7, 11) is 0. The van der Waals surface area contributed by atoms with Crippen molar-refractivity contribution in [3.63, 3.8) is 0 Å². The molecule has 6 rings (SSSR count). The molecule has 0 aromatic heterocycles. The van der Waals surface area contributed by atoms with Crippen LogP contribution in [0.1, 0.15) is 230 Å². The quantitative estimate of drug-likeness (QED) is 0.174. The maximum Gasteiger partial charge on any atom is 0.306 e. The molecule has 0 atom stereocenters. The number of ether oxygens (including phenoxy) is 2. The van der Waals surface area contributed by atoms with Gasteiger partial charge in [-0.15, -0.1) is 0 Å². The Labute approximate surface area is 364 Å². The average molecular weight is 827 g/mol. The zero-order chi connectivity index (χ0) is 43.4. The molecule has 2 aromatic carbocycles. The lowest BCUT2D eigenvalue weighted by atomic mass is 9.65. The van der Waals surface area contributed by atoms with Gasteiger partial charge in [0.15, 0.2) is 0 Å². The lowest BCUT2D eigenvalue weighted by Crippen LogP contribution is -2.30. The van der Waals surface area contributed by atoms with Crippen LogP contribution in [-0.4, -0.2) is 35.4 Å². The summed E-state index contributed by atoms with van der Waals surface area (Å²) in [6.45, 7) is 18.4. The molecule has 0 bridgehead atoms. The molecule has 0 saturated heterocycles. The second-order valence-corrected chi connectivity index (χ2v) is 23.1. The molecule has 4 fully saturated rings. The molecular weight excluding hydrogens is 745 g/mol. The number of aromatic hydroxyl groups is 2. The fraction of sp³-hybridized carbons (Fsp3) is 0.741. The number of benzene rings is 2. The summed E-state index contributed by atoms with van der Waals surface area (Å²) >= 11 is 0. The van der Waals surface area contributed by atoms with Crippen molar-refractivity contribution in [1.82, 2.24) is 0 Å². The largest absolute Gasteiger partial charge is 0.507 e. The Morgan fingerprint density at radius 1 is 0.467 bits per heavy atom. The molecule has 0 amide bonds. The van der Waals surface area contributed by atoms with Gasteiger partial charge in [-0.25, -0.2) is 0 Å². The Kier molecular flexibility index (Phi) is 14.5. The molecule has 60 heavy (non-hydrogen) atoms. The van der Waals surface area contributed by atoms with Gasteiger partial charge in [-0.3, -0.25) is 9.59 Å². The first-order chi connectivity index (χ1) is 28.3. The van der Waals surface area contributed by atoms with E-state index in [4.69, 9.17) is 9.47 Å². The van der Waals surface area contributed by atoms with Crippen LogP contribution in [0.5, 0.6) is 11.5 Å². The maximum absolute atomic E-state index is 13.1. The van der Waals surface area contributed by atoms with E-state index in [0.717, 1.165) is 86.5 Å². The molecule has 4 saturated carbocycles. The number of rotatable bonds is 15. The number of phenolic OH excluding ortho intramolecular Hbond substituents is 2. The summed E-state index contributed by atoms with van der Waals surface area (Å²) < 4.78 is 11.7. The Bertz CT molecular complexity index is 1570. The first-order valence-corrected chi connectivity index (χ1v) is 24.3. The highest BCUT2D eigenvalue weighted by Crippen LogP contribution is 2.52. The van der Waals surface area contributed by atoms with Crippen LogP contribution in [0.3, 0.4) is 0 Å². The van der Waals surface area contributed by atoms with Crippen molar-refractivity contribution in [3.8, 4) is 11.5 Å². The average Bonchev–Trinajstić information content (AvgIpc) is 3.20. The first kappa shape index (κ1) is 46.5. The van der Waals surface area contributed by atoms with Crippen LogP contribution in [0.25, 0.3) is 0 Å². The van der Waals surface area contributed by atoms with E-state index in [9.17, 15) is 19.8 Å². The van der Waals surface area contributed by atoms with E-state index >= 15 is 0 Å². The molecule has 0 radical (unpaired) electrons. The third-order valence-electron chi connectivity index (χ3n) is 15.9. The highest BCUT2D eigenvalue weighted by Gasteiger charge is 2.40. The van der Waals surface area contributed by atoms with E-state index in [2.05, 4.69) is 79.7 Å². The number of carbonyl (C=O) groups excluding carboxylic acids is 2. The predicted molar refractivity (Wildman–Crippen MR) is 244 cm³/mol. The molecule has 4 aliphatic rings. The number of esters is 2. The molecule has 0 aliphatic heterocycles. The Morgan fingerprint density at radius 2 is 0.700 bits per heavy atom. The van der Waals surface area contributed by atoms with Crippen molar-refractivity contribution in [1.29, 1.82) is 0 Å². The Hall–Kier alpha value is -3.02. The maximum atomic E-state index is 13.1. The smallest absolute Gasteiger partial charge is 0.306 e. The van der Waals surface area contributed by atoms with Crippen LogP contribution >= 0.6 is 0 Å². The molecule has 2 N–H and O–H groups in total. The molecule has 2 aromatic rings. The third-order valence-corrected chi connectivity index (χ3v) is 15.9. The Morgan fingerprint density at radius 3 is 0.933 bits per heavy atom. The lowest BCUT2D eigenvalue weighted by Gasteiger charge is -2.40. The van der Waals surface area contributed by atoms with E-state index in [1.807, 2.05) is 0 Å². The second-order valence-electron chi connectivity index (χ2n) is 23.1. The van der Waals surface area contributed by atoms with Gasteiger partial charge in [0.2, 0.25) is 0 Å². The molecule has 6 heteroatoms. The summed E-state index contributed by atoms with van der Waals surface area (Å²) in [5, 5.41) is 23.8. The van der Waals surface area contributed by atoms with Crippen molar-refractivity contribution in [2.45, 2.75) is 231 Å². The molecule has 0 heterocycles. The second kappa shape index (κ2) is 18.8.